The van der Waals surface area contributed by atoms with E-state index in [0.29, 0.717) is 6.04 Å². The Kier molecular flexibility index (Phi) is 4.59. The Bertz CT molecular complexity index is 450. The lowest BCUT2D eigenvalue weighted by molar-refractivity contribution is 0.0927. The van der Waals surface area contributed by atoms with E-state index in [4.69, 9.17) is 0 Å². The number of carbonyl (C=O) groups excluding carboxylic acids is 1. The molecule has 1 amide bonds. The van der Waals surface area contributed by atoms with Gasteiger partial charge in [0.1, 0.15) is 0 Å². The van der Waals surface area contributed by atoms with E-state index in [1.165, 1.54) is 12.8 Å². The maximum atomic E-state index is 12.3. The summed E-state index contributed by atoms with van der Waals surface area (Å²) in [6.45, 7) is 7.20. The fourth-order valence-corrected chi connectivity index (χ4v) is 2.69. The van der Waals surface area contributed by atoms with Crippen LogP contribution in [0.5, 0.6) is 0 Å². The molecule has 1 aliphatic rings. The standard InChI is InChI=1S/C16H24N2O/c1-11-7-6-8-14(12(11)2)16(19)18-13(3)15-9-4-5-10-17-15/h6-8,13,15,17H,4-5,9-10H2,1-3H3,(H,18,19). The van der Waals surface area contributed by atoms with Gasteiger partial charge in [0, 0.05) is 17.6 Å². The lowest BCUT2D eigenvalue weighted by Crippen LogP contribution is -2.50. The molecule has 1 saturated heterocycles. The van der Waals surface area contributed by atoms with E-state index >= 15 is 0 Å². The first-order valence-corrected chi connectivity index (χ1v) is 7.20. The fraction of sp³-hybridized carbons (Fsp3) is 0.562. The van der Waals surface area contributed by atoms with Crippen molar-refractivity contribution in [3.63, 3.8) is 0 Å². The van der Waals surface area contributed by atoms with Crippen LogP contribution < -0.4 is 10.6 Å². The van der Waals surface area contributed by atoms with E-state index in [9.17, 15) is 4.79 Å². The highest BCUT2D eigenvalue weighted by atomic mass is 16.1. The summed E-state index contributed by atoms with van der Waals surface area (Å²) in [5, 5.41) is 6.62. The average molecular weight is 260 g/mol. The third-order valence-corrected chi connectivity index (χ3v) is 4.16. The molecule has 1 fully saturated rings. The third-order valence-electron chi connectivity index (χ3n) is 4.16. The summed E-state index contributed by atoms with van der Waals surface area (Å²) in [6, 6.07) is 6.47. The summed E-state index contributed by atoms with van der Waals surface area (Å²) in [5.41, 5.74) is 3.03. The quantitative estimate of drug-likeness (QED) is 0.877. The molecule has 0 spiro atoms. The zero-order chi connectivity index (χ0) is 13.8. The molecule has 2 unspecified atom stereocenters. The van der Waals surface area contributed by atoms with Crippen LogP contribution in [0.2, 0.25) is 0 Å². The maximum Gasteiger partial charge on any atom is 0.251 e. The fourth-order valence-electron chi connectivity index (χ4n) is 2.69. The molecular formula is C16H24N2O. The van der Waals surface area contributed by atoms with Crippen molar-refractivity contribution in [2.24, 2.45) is 0 Å². The van der Waals surface area contributed by atoms with Crippen molar-refractivity contribution in [1.82, 2.24) is 10.6 Å². The zero-order valence-corrected chi connectivity index (χ0v) is 12.1. The van der Waals surface area contributed by atoms with Crippen molar-refractivity contribution >= 4 is 5.91 Å². The van der Waals surface area contributed by atoms with Crippen LogP contribution in [0.4, 0.5) is 0 Å². The van der Waals surface area contributed by atoms with Gasteiger partial charge in [-0.3, -0.25) is 4.79 Å². The molecule has 2 rings (SSSR count). The largest absolute Gasteiger partial charge is 0.348 e. The monoisotopic (exact) mass is 260 g/mol. The molecule has 0 aromatic heterocycles. The van der Waals surface area contributed by atoms with Gasteiger partial charge in [0.05, 0.1) is 0 Å². The second kappa shape index (κ2) is 6.20. The number of carbonyl (C=O) groups is 1. The lowest BCUT2D eigenvalue weighted by atomic mass is 9.98. The van der Waals surface area contributed by atoms with Crippen LogP contribution in [0.15, 0.2) is 18.2 Å². The highest BCUT2D eigenvalue weighted by molar-refractivity contribution is 5.96. The van der Waals surface area contributed by atoms with E-state index in [0.717, 1.165) is 29.7 Å². The van der Waals surface area contributed by atoms with Crippen LogP contribution in [0.3, 0.4) is 0 Å². The van der Waals surface area contributed by atoms with E-state index in [1.54, 1.807) is 0 Å². The molecule has 1 aliphatic heterocycles. The summed E-state index contributed by atoms with van der Waals surface area (Å²) >= 11 is 0. The molecule has 19 heavy (non-hydrogen) atoms. The highest BCUT2D eigenvalue weighted by Gasteiger charge is 2.21. The van der Waals surface area contributed by atoms with Gasteiger partial charge in [-0.05, 0) is 57.4 Å². The van der Waals surface area contributed by atoms with E-state index in [-0.39, 0.29) is 11.9 Å². The number of hydrogen-bond acceptors (Lipinski definition) is 2. The second-order valence-electron chi connectivity index (χ2n) is 5.57. The number of rotatable bonds is 3. The number of nitrogens with one attached hydrogen (secondary N) is 2. The van der Waals surface area contributed by atoms with Gasteiger partial charge in [-0.2, -0.15) is 0 Å². The Balaban J connectivity index is 2.02. The first-order valence-electron chi connectivity index (χ1n) is 7.20. The van der Waals surface area contributed by atoms with Gasteiger partial charge in [-0.1, -0.05) is 18.6 Å². The predicted molar refractivity (Wildman–Crippen MR) is 78.5 cm³/mol. The minimum Gasteiger partial charge on any atom is -0.348 e. The molecule has 2 N–H and O–H groups in total. The van der Waals surface area contributed by atoms with Gasteiger partial charge in [0.25, 0.3) is 5.91 Å². The number of amides is 1. The van der Waals surface area contributed by atoms with Crippen LogP contribution in [-0.4, -0.2) is 24.5 Å². The van der Waals surface area contributed by atoms with Crippen molar-refractivity contribution < 1.29 is 4.79 Å². The van der Waals surface area contributed by atoms with Gasteiger partial charge in [0.15, 0.2) is 0 Å². The summed E-state index contributed by atoms with van der Waals surface area (Å²) in [7, 11) is 0. The van der Waals surface area contributed by atoms with Crippen LogP contribution >= 0.6 is 0 Å². The van der Waals surface area contributed by atoms with Gasteiger partial charge >= 0.3 is 0 Å². The lowest BCUT2D eigenvalue weighted by Gasteiger charge is -2.29. The molecule has 1 aromatic carbocycles. The van der Waals surface area contributed by atoms with Gasteiger partial charge in [0.2, 0.25) is 0 Å². The van der Waals surface area contributed by atoms with Crippen LogP contribution in [0.1, 0.15) is 47.7 Å². The van der Waals surface area contributed by atoms with Crippen LogP contribution in [-0.2, 0) is 0 Å². The van der Waals surface area contributed by atoms with E-state index in [1.807, 2.05) is 32.0 Å². The van der Waals surface area contributed by atoms with Crippen LogP contribution in [0.25, 0.3) is 0 Å². The molecule has 104 valence electrons. The van der Waals surface area contributed by atoms with E-state index in [2.05, 4.69) is 17.6 Å². The predicted octanol–water partition coefficient (Wildman–Crippen LogP) is 2.56. The molecule has 0 radical (unpaired) electrons. The highest BCUT2D eigenvalue weighted by Crippen LogP contribution is 2.14. The van der Waals surface area contributed by atoms with Gasteiger partial charge in [-0.25, -0.2) is 0 Å². The number of benzene rings is 1. The molecule has 1 aromatic rings. The SMILES string of the molecule is Cc1cccc(C(=O)NC(C)C2CCCCN2)c1C. The van der Waals surface area contributed by atoms with Crippen molar-refractivity contribution in [2.75, 3.05) is 6.54 Å². The number of piperidine rings is 1. The third kappa shape index (κ3) is 3.35. The Hall–Kier alpha value is -1.35. The van der Waals surface area contributed by atoms with Crippen molar-refractivity contribution in [1.29, 1.82) is 0 Å². The first kappa shape index (κ1) is 14.1. The van der Waals surface area contributed by atoms with Crippen molar-refractivity contribution in [3.05, 3.63) is 34.9 Å². The summed E-state index contributed by atoms with van der Waals surface area (Å²) < 4.78 is 0. The topological polar surface area (TPSA) is 41.1 Å². The summed E-state index contributed by atoms with van der Waals surface area (Å²) in [5.74, 6) is 0.0427. The van der Waals surface area contributed by atoms with E-state index < -0.39 is 0 Å². The Morgan fingerprint density at radius 2 is 2.16 bits per heavy atom. The average Bonchev–Trinajstić information content (AvgIpc) is 2.42. The molecular weight excluding hydrogens is 236 g/mol. The smallest absolute Gasteiger partial charge is 0.251 e. The van der Waals surface area contributed by atoms with Crippen molar-refractivity contribution in [3.8, 4) is 0 Å². The Morgan fingerprint density at radius 1 is 1.37 bits per heavy atom. The van der Waals surface area contributed by atoms with Crippen molar-refractivity contribution in [2.45, 2.75) is 52.1 Å². The molecule has 1 heterocycles. The summed E-state index contributed by atoms with van der Waals surface area (Å²) in [4.78, 5) is 12.3. The molecule has 2 atom stereocenters. The molecule has 3 nitrogen and oxygen atoms in total. The van der Waals surface area contributed by atoms with Gasteiger partial charge < -0.3 is 10.6 Å². The Morgan fingerprint density at radius 3 is 2.84 bits per heavy atom. The van der Waals surface area contributed by atoms with Gasteiger partial charge in [-0.15, -0.1) is 0 Å². The zero-order valence-electron chi connectivity index (χ0n) is 12.1. The Labute approximate surface area is 115 Å². The first-order chi connectivity index (χ1) is 9.09. The number of hydrogen-bond donors (Lipinski definition) is 2. The minimum atomic E-state index is 0.0427. The minimum absolute atomic E-state index is 0.0427. The second-order valence-corrected chi connectivity index (χ2v) is 5.57. The number of aryl methyl sites for hydroxylation is 1. The van der Waals surface area contributed by atoms with Crippen LogP contribution in [0, 0.1) is 13.8 Å². The normalized spacial score (nSPS) is 20.9. The molecule has 0 aliphatic carbocycles. The maximum absolute atomic E-state index is 12.3. The molecule has 0 saturated carbocycles. The molecule has 3 heteroatoms. The summed E-state index contributed by atoms with van der Waals surface area (Å²) in [6.07, 6.45) is 3.64. The molecule has 0 bridgehead atoms.